The minimum absolute atomic E-state index is 0.0539. The van der Waals surface area contributed by atoms with E-state index >= 15 is 0 Å². The molecule has 1 aliphatic rings. The summed E-state index contributed by atoms with van der Waals surface area (Å²) in [6.07, 6.45) is 1.61. The number of sulfonamides is 1. The first-order chi connectivity index (χ1) is 12.3. The van der Waals surface area contributed by atoms with E-state index in [1.54, 1.807) is 13.0 Å². The lowest BCUT2D eigenvalue weighted by Crippen LogP contribution is -2.26. The monoisotopic (exact) mass is 376 g/mol. The standard InChI is InChI=1S/C18H20N2O5S/c1-11-9-14(21)6-7-15(11)19-18(22)12-3-8-16(25-2)17(10-12)26(23,24)20-13-4-5-13/h3,6-10,13,20-21H,4-5H2,1-2H3,(H,19,22). The highest BCUT2D eigenvalue weighted by Crippen LogP contribution is 2.29. The number of ether oxygens (including phenoxy) is 1. The Bertz CT molecular complexity index is 952. The second kappa shape index (κ2) is 6.97. The Kier molecular flexibility index (Phi) is 4.88. The molecule has 1 fully saturated rings. The Hall–Kier alpha value is -2.58. The van der Waals surface area contributed by atoms with Gasteiger partial charge in [0.2, 0.25) is 10.0 Å². The van der Waals surface area contributed by atoms with Gasteiger partial charge in [0.25, 0.3) is 5.91 Å². The first kappa shape index (κ1) is 18.2. The van der Waals surface area contributed by atoms with E-state index in [2.05, 4.69) is 10.0 Å². The molecule has 2 aromatic carbocycles. The van der Waals surface area contributed by atoms with Crippen LogP contribution in [0.3, 0.4) is 0 Å². The number of aromatic hydroxyl groups is 1. The van der Waals surface area contributed by atoms with Gasteiger partial charge in [0, 0.05) is 17.3 Å². The van der Waals surface area contributed by atoms with Gasteiger partial charge in [0.15, 0.2) is 0 Å². The van der Waals surface area contributed by atoms with Crippen LogP contribution in [-0.2, 0) is 10.0 Å². The Labute approximate surface area is 152 Å². The maximum atomic E-state index is 12.5. The predicted molar refractivity (Wildman–Crippen MR) is 97.1 cm³/mol. The summed E-state index contributed by atoms with van der Waals surface area (Å²) < 4.78 is 32.8. The summed E-state index contributed by atoms with van der Waals surface area (Å²) in [5, 5.41) is 12.2. The van der Waals surface area contributed by atoms with Crippen molar-refractivity contribution >= 4 is 21.6 Å². The van der Waals surface area contributed by atoms with E-state index in [0.717, 1.165) is 12.8 Å². The third-order valence-corrected chi connectivity index (χ3v) is 5.61. The minimum atomic E-state index is -3.77. The lowest BCUT2D eigenvalue weighted by atomic mass is 10.1. The molecule has 0 saturated heterocycles. The number of phenols is 1. The van der Waals surface area contributed by atoms with Crippen molar-refractivity contribution in [3.63, 3.8) is 0 Å². The summed E-state index contributed by atoms with van der Waals surface area (Å²) in [6.45, 7) is 1.75. The van der Waals surface area contributed by atoms with Crippen molar-refractivity contribution in [1.82, 2.24) is 4.72 Å². The maximum absolute atomic E-state index is 12.5. The zero-order chi connectivity index (χ0) is 18.9. The quantitative estimate of drug-likeness (QED) is 0.672. The molecule has 0 bridgehead atoms. The number of amides is 1. The second-order valence-corrected chi connectivity index (χ2v) is 7.90. The van der Waals surface area contributed by atoms with E-state index < -0.39 is 15.9 Å². The normalized spacial score (nSPS) is 14.1. The van der Waals surface area contributed by atoms with Crippen molar-refractivity contribution in [1.29, 1.82) is 0 Å². The van der Waals surface area contributed by atoms with Gasteiger partial charge in [-0.2, -0.15) is 0 Å². The molecule has 0 aliphatic heterocycles. The molecule has 138 valence electrons. The number of carbonyl (C=O) groups is 1. The maximum Gasteiger partial charge on any atom is 0.255 e. The molecule has 3 rings (SSSR count). The van der Waals surface area contributed by atoms with Crippen LogP contribution in [0, 0.1) is 6.92 Å². The van der Waals surface area contributed by atoms with Crippen LogP contribution < -0.4 is 14.8 Å². The van der Waals surface area contributed by atoms with E-state index in [1.807, 2.05) is 0 Å². The lowest BCUT2D eigenvalue weighted by molar-refractivity contribution is 0.102. The van der Waals surface area contributed by atoms with E-state index in [4.69, 9.17) is 4.74 Å². The first-order valence-corrected chi connectivity index (χ1v) is 9.60. The molecule has 1 amide bonds. The molecule has 1 aliphatic carbocycles. The van der Waals surface area contributed by atoms with Crippen LogP contribution in [0.4, 0.5) is 5.69 Å². The summed E-state index contributed by atoms with van der Waals surface area (Å²) in [5.74, 6) is -0.177. The highest BCUT2D eigenvalue weighted by molar-refractivity contribution is 7.89. The average molecular weight is 376 g/mol. The highest BCUT2D eigenvalue weighted by atomic mass is 32.2. The number of nitrogens with one attached hydrogen (secondary N) is 2. The van der Waals surface area contributed by atoms with Crippen molar-refractivity contribution in [3.05, 3.63) is 47.5 Å². The molecule has 0 heterocycles. The zero-order valence-electron chi connectivity index (χ0n) is 14.4. The summed E-state index contributed by atoms with van der Waals surface area (Å²) in [5.41, 5.74) is 1.41. The minimum Gasteiger partial charge on any atom is -0.508 e. The summed E-state index contributed by atoms with van der Waals surface area (Å²) in [4.78, 5) is 12.5. The zero-order valence-corrected chi connectivity index (χ0v) is 15.3. The predicted octanol–water partition coefficient (Wildman–Crippen LogP) is 2.40. The van der Waals surface area contributed by atoms with Crippen LogP contribution in [0.25, 0.3) is 0 Å². The molecule has 0 unspecified atom stereocenters. The second-order valence-electron chi connectivity index (χ2n) is 6.21. The fourth-order valence-electron chi connectivity index (χ4n) is 2.49. The summed E-state index contributed by atoms with van der Waals surface area (Å²) in [6, 6.07) is 8.78. The molecule has 26 heavy (non-hydrogen) atoms. The number of hydrogen-bond acceptors (Lipinski definition) is 5. The van der Waals surface area contributed by atoms with Crippen LogP contribution in [0.1, 0.15) is 28.8 Å². The number of anilines is 1. The van der Waals surface area contributed by atoms with Crippen LogP contribution in [-0.4, -0.2) is 32.6 Å². The fourth-order valence-corrected chi connectivity index (χ4v) is 3.99. The largest absolute Gasteiger partial charge is 0.508 e. The van der Waals surface area contributed by atoms with Crippen molar-refractivity contribution in [3.8, 4) is 11.5 Å². The van der Waals surface area contributed by atoms with E-state index in [0.29, 0.717) is 11.3 Å². The number of rotatable bonds is 6. The number of phenolic OH excluding ortho intramolecular Hbond substituents is 1. The number of carbonyl (C=O) groups excluding carboxylic acids is 1. The third kappa shape index (κ3) is 3.97. The fraction of sp³-hybridized carbons (Fsp3) is 0.278. The van der Waals surface area contributed by atoms with Crippen molar-refractivity contribution < 1.29 is 23.1 Å². The molecule has 0 aromatic heterocycles. The van der Waals surface area contributed by atoms with Crippen LogP contribution in [0.5, 0.6) is 11.5 Å². The van der Waals surface area contributed by atoms with Gasteiger partial charge < -0.3 is 15.2 Å². The summed E-state index contributed by atoms with van der Waals surface area (Å²) in [7, 11) is -2.39. The van der Waals surface area contributed by atoms with Crippen molar-refractivity contribution in [2.24, 2.45) is 0 Å². The molecule has 2 aromatic rings. The van der Waals surface area contributed by atoms with E-state index in [9.17, 15) is 18.3 Å². The number of benzene rings is 2. The average Bonchev–Trinajstić information content (AvgIpc) is 3.40. The smallest absolute Gasteiger partial charge is 0.255 e. The number of hydrogen-bond donors (Lipinski definition) is 3. The Morgan fingerprint density at radius 2 is 1.92 bits per heavy atom. The number of aryl methyl sites for hydroxylation is 1. The molecule has 1 saturated carbocycles. The van der Waals surface area contributed by atoms with Crippen LogP contribution in [0.15, 0.2) is 41.3 Å². The van der Waals surface area contributed by atoms with E-state index in [-0.39, 0.29) is 28.0 Å². The van der Waals surface area contributed by atoms with Crippen LogP contribution in [0.2, 0.25) is 0 Å². The van der Waals surface area contributed by atoms with Gasteiger partial charge in [0.05, 0.1) is 7.11 Å². The van der Waals surface area contributed by atoms with Gasteiger partial charge >= 0.3 is 0 Å². The SMILES string of the molecule is COc1ccc(C(=O)Nc2ccc(O)cc2C)cc1S(=O)(=O)NC1CC1. The molecule has 8 heteroatoms. The van der Waals surface area contributed by atoms with Crippen molar-refractivity contribution in [2.45, 2.75) is 30.7 Å². The highest BCUT2D eigenvalue weighted by Gasteiger charge is 2.30. The van der Waals surface area contributed by atoms with Gasteiger partial charge in [-0.25, -0.2) is 13.1 Å². The molecule has 0 spiro atoms. The lowest BCUT2D eigenvalue weighted by Gasteiger charge is -2.13. The molecule has 0 atom stereocenters. The van der Waals surface area contributed by atoms with Gasteiger partial charge in [-0.3, -0.25) is 4.79 Å². The Balaban J connectivity index is 1.90. The Morgan fingerprint density at radius 3 is 2.54 bits per heavy atom. The van der Waals surface area contributed by atoms with Gasteiger partial charge in [-0.1, -0.05) is 0 Å². The van der Waals surface area contributed by atoms with Gasteiger partial charge in [-0.15, -0.1) is 0 Å². The van der Waals surface area contributed by atoms with Crippen LogP contribution >= 0.6 is 0 Å². The third-order valence-electron chi connectivity index (χ3n) is 4.07. The number of methoxy groups -OCH3 is 1. The molecular weight excluding hydrogens is 356 g/mol. The van der Waals surface area contributed by atoms with Gasteiger partial charge in [-0.05, 0) is 61.7 Å². The molecule has 3 N–H and O–H groups in total. The summed E-state index contributed by atoms with van der Waals surface area (Å²) >= 11 is 0. The molecular formula is C18H20N2O5S. The Morgan fingerprint density at radius 1 is 1.19 bits per heavy atom. The van der Waals surface area contributed by atoms with Crippen molar-refractivity contribution in [2.75, 3.05) is 12.4 Å². The van der Waals surface area contributed by atoms with E-state index in [1.165, 1.54) is 37.4 Å². The molecule has 7 nitrogen and oxygen atoms in total. The molecule has 0 radical (unpaired) electrons. The first-order valence-electron chi connectivity index (χ1n) is 8.11. The topological polar surface area (TPSA) is 105 Å². The van der Waals surface area contributed by atoms with Gasteiger partial charge in [0.1, 0.15) is 16.4 Å².